The number of para-hydroxylation sites is 1. The van der Waals surface area contributed by atoms with Crippen molar-refractivity contribution in [2.75, 3.05) is 7.11 Å². The first kappa shape index (κ1) is 16.2. The van der Waals surface area contributed by atoms with Crippen LogP contribution in [0.4, 0.5) is 5.69 Å². The fraction of sp³-hybridized carbons (Fsp3) is 0.368. The highest BCUT2D eigenvalue weighted by molar-refractivity contribution is 5.81. The molecule has 0 spiro atoms. The van der Waals surface area contributed by atoms with Crippen molar-refractivity contribution in [1.29, 1.82) is 0 Å². The number of benzene rings is 1. The third-order valence-electron chi connectivity index (χ3n) is 3.62. The third-order valence-corrected chi connectivity index (χ3v) is 3.62. The molecule has 1 aromatic heterocycles. The summed E-state index contributed by atoms with van der Waals surface area (Å²) in [7, 11) is 1.62. The molecule has 0 N–H and O–H groups in total. The predicted molar refractivity (Wildman–Crippen MR) is 92.7 cm³/mol. The summed E-state index contributed by atoms with van der Waals surface area (Å²) in [5.41, 5.74) is 4.40. The SMILES string of the molecule is COc1cccc(C=Nc2c(C(C)C)cccc2C(C)C)n1. The van der Waals surface area contributed by atoms with Gasteiger partial charge in [-0.05, 0) is 29.0 Å². The Morgan fingerprint density at radius 3 is 2.09 bits per heavy atom. The number of hydrogen-bond acceptors (Lipinski definition) is 3. The number of nitrogens with zero attached hydrogens (tertiary/aromatic N) is 2. The van der Waals surface area contributed by atoms with Crippen LogP contribution in [-0.2, 0) is 0 Å². The molecular weight excluding hydrogens is 272 g/mol. The topological polar surface area (TPSA) is 34.5 Å². The highest BCUT2D eigenvalue weighted by Gasteiger charge is 2.12. The Morgan fingerprint density at radius 2 is 1.55 bits per heavy atom. The molecule has 1 heterocycles. The van der Waals surface area contributed by atoms with E-state index in [0.717, 1.165) is 11.4 Å². The molecule has 0 saturated heterocycles. The standard InChI is InChI=1S/C19H24N2O/c1-13(2)16-9-7-10-17(14(3)4)19(16)20-12-15-8-6-11-18(21-15)22-5/h6-14H,1-5H3. The fourth-order valence-corrected chi connectivity index (χ4v) is 2.41. The average molecular weight is 296 g/mol. The Labute approximate surface area is 133 Å². The van der Waals surface area contributed by atoms with Gasteiger partial charge in [0.15, 0.2) is 0 Å². The van der Waals surface area contributed by atoms with Crippen molar-refractivity contribution < 1.29 is 4.74 Å². The molecule has 3 heteroatoms. The van der Waals surface area contributed by atoms with Crippen LogP contribution >= 0.6 is 0 Å². The van der Waals surface area contributed by atoms with E-state index in [9.17, 15) is 0 Å². The van der Waals surface area contributed by atoms with E-state index >= 15 is 0 Å². The van der Waals surface area contributed by atoms with Crippen molar-refractivity contribution in [3.05, 3.63) is 53.2 Å². The summed E-state index contributed by atoms with van der Waals surface area (Å²) in [6.07, 6.45) is 1.82. The lowest BCUT2D eigenvalue weighted by Crippen LogP contribution is -1.96. The maximum absolute atomic E-state index is 5.16. The molecule has 0 radical (unpaired) electrons. The van der Waals surface area contributed by atoms with E-state index < -0.39 is 0 Å². The number of aromatic nitrogens is 1. The Balaban J connectivity index is 2.44. The van der Waals surface area contributed by atoms with Gasteiger partial charge in [-0.3, -0.25) is 4.99 Å². The summed E-state index contributed by atoms with van der Waals surface area (Å²) in [5.74, 6) is 1.47. The molecule has 0 amide bonds. The smallest absolute Gasteiger partial charge is 0.213 e. The minimum Gasteiger partial charge on any atom is -0.481 e. The molecular formula is C19H24N2O. The summed E-state index contributed by atoms with van der Waals surface area (Å²) in [4.78, 5) is 9.14. The first-order valence-corrected chi connectivity index (χ1v) is 7.70. The quantitative estimate of drug-likeness (QED) is 0.720. The van der Waals surface area contributed by atoms with Gasteiger partial charge in [0.1, 0.15) is 0 Å². The molecule has 0 bridgehead atoms. The van der Waals surface area contributed by atoms with Gasteiger partial charge in [0.05, 0.1) is 24.7 Å². The molecule has 2 aromatic rings. The Bertz CT molecular complexity index is 634. The van der Waals surface area contributed by atoms with Crippen LogP contribution in [0, 0.1) is 0 Å². The number of pyridine rings is 1. The Kier molecular flexibility index (Phi) is 5.31. The van der Waals surface area contributed by atoms with Gasteiger partial charge in [-0.25, -0.2) is 4.98 Å². The van der Waals surface area contributed by atoms with Gasteiger partial charge in [0.25, 0.3) is 0 Å². The summed E-state index contributed by atoms with van der Waals surface area (Å²) in [6, 6.07) is 12.1. The summed E-state index contributed by atoms with van der Waals surface area (Å²) < 4.78 is 5.16. The molecule has 0 saturated carbocycles. The second-order valence-electron chi connectivity index (χ2n) is 5.96. The van der Waals surface area contributed by atoms with Crippen LogP contribution in [0.2, 0.25) is 0 Å². The van der Waals surface area contributed by atoms with Crippen LogP contribution in [0.1, 0.15) is 56.4 Å². The van der Waals surface area contributed by atoms with Crippen LogP contribution in [-0.4, -0.2) is 18.3 Å². The van der Waals surface area contributed by atoms with Crippen molar-refractivity contribution in [1.82, 2.24) is 4.98 Å². The first-order valence-electron chi connectivity index (χ1n) is 7.70. The molecule has 0 aliphatic carbocycles. The van der Waals surface area contributed by atoms with Gasteiger partial charge >= 0.3 is 0 Å². The zero-order chi connectivity index (χ0) is 16.1. The molecule has 0 fully saturated rings. The zero-order valence-corrected chi connectivity index (χ0v) is 14.0. The Hall–Kier alpha value is -2.16. The van der Waals surface area contributed by atoms with E-state index in [2.05, 4.69) is 50.9 Å². The van der Waals surface area contributed by atoms with Gasteiger partial charge in [-0.15, -0.1) is 0 Å². The number of hydrogen-bond donors (Lipinski definition) is 0. The van der Waals surface area contributed by atoms with Crippen molar-refractivity contribution in [3.63, 3.8) is 0 Å². The van der Waals surface area contributed by atoms with E-state index in [1.807, 2.05) is 24.4 Å². The maximum Gasteiger partial charge on any atom is 0.213 e. The van der Waals surface area contributed by atoms with Crippen LogP contribution in [0.25, 0.3) is 0 Å². The highest BCUT2D eigenvalue weighted by atomic mass is 16.5. The fourth-order valence-electron chi connectivity index (χ4n) is 2.41. The van der Waals surface area contributed by atoms with Crippen molar-refractivity contribution in [3.8, 4) is 5.88 Å². The van der Waals surface area contributed by atoms with Gasteiger partial charge in [0.2, 0.25) is 5.88 Å². The summed E-state index contributed by atoms with van der Waals surface area (Å²) in [6.45, 7) is 8.79. The molecule has 0 aliphatic heterocycles. The lowest BCUT2D eigenvalue weighted by Gasteiger charge is -2.16. The van der Waals surface area contributed by atoms with Gasteiger partial charge in [0, 0.05) is 6.07 Å². The minimum atomic E-state index is 0.434. The maximum atomic E-state index is 5.16. The normalized spacial score (nSPS) is 11.6. The van der Waals surface area contributed by atoms with Crippen LogP contribution < -0.4 is 4.74 Å². The van der Waals surface area contributed by atoms with Crippen molar-refractivity contribution in [2.45, 2.75) is 39.5 Å². The van der Waals surface area contributed by atoms with Crippen LogP contribution in [0.5, 0.6) is 5.88 Å². The molecule has 0 unspecified atom stereocenters. The van der Waals surface area contributed by atoms with E-state index in [-0.39, 0.29) is 0 Å². The second kappa shape index (κ2) is 7.21. The van der Waals surface area contributed by atoms with Crippen molar-refractivity contribution in [2.24, 2.45) is 4.99 Å². The van der Waals surface area contributed by atoms with E-state index in [1.165, 1.54) is 11.1 Å². The zero-order valence-electron chi connectivity index (χ0n) is 14.0. The number of aliphatic imine (C=N–C) groups is 1. The summed E-state index contributed by atoms with van der Waals surface area (Å²) >= 11 is 0. The predicted octanol–water partition coefficient (Wildman–Crippen LogP) is 5.09. The monoisotopic (exact) mass is 296 g/mol. The first-order chi connectivity index (χ1) is 10.5. The number of methoxy groups -OCH3 is 1. The number of ether oxygens (including phenoxy) is 1. The van der Waals surface area contributed by atoms with Crippen LogP contribution in [0.3, 0.4) is 0 Å². The van der Waals surface area contributed by atoms with Crippen LogP contribution in [0.15, 0.2) is 41.4 Å². The molecule has 22 heavy (non-hydrogen) atoms. The molecule has 3 nitrogen and oxygen atoms in total. The molecule has 2 rings (SSSR count). The van der Waals surface area contributed by atoms with Gasteiger partial charge < -0.3 is 4.74 Å². The largest absolute Gasteiger partial charge is 0.481 e. The van der Waals surface area contributed by atoms with Crippen molar-refractivity contribution >= 4 is 11.9 Å². The molecule has 116 valence electrons. The molecule has 0 aliphatic rings. The number of rotatable bonds is 5. The lowest BCUT2D eigenvalue weighted by molar-refractivity contribution is 0.397. The molecule has 1 aromatic carbocycles. The Morgan fingerprint density at radius 1 is 0.955 bits per heavy atom. The minimum absolute atomic E-state index is 0.434. The van der Waals surface area contributed by atoms with Gasteiger partial charge in [-0.1, -0.05) is 52.0 Å². The lowest BCUT2D eigenvalue weighted by atomic mass is 9.93. The van der Waals surface area contributed by atoms with E-state index in [4.69, 9.17) is 9.73 Å². The van der Waals surface area contributed by atoms with E-state index in [1.54, 1.807) is 7.11 Å². The average Bonchev–Trinajstić information content (AvgIpc) is 2.52. The highest BCUT2D eigenvalue weighted by Crippen LogP contribution is 2.34. The molecule has 0 atom stereocenters. The van der Waals surface area contributed by atoms with E-state index in [0.29, 0.717) is 17.7 Å². The van der Waals surface area contributed by atoms with Gasteiger partial charge in [-0.2, -0.15) is 0 Å². The third kappa shape index (κ3) is 3.73. The summed E-state index contributed by atoms with van der Waals surface area (Å²) in [5, 5.41) is 0. The second-order valence-corrected chi connectivity index (χ2v) is 5.96.